The normalized spacial score (nSPS) is 13.0. The number of rotatable bonds is 18. The van der Waals surface area contributed by atoms with E-state index in [-0.39, 0.29) is 5.56 Å². The highest BCUT2D eigenvalue weighted by Gasteiger charge is 2.44. The van der Waals surface area contributed by atoms with Crippen molar-refractivity contribution in [1.82, 2.24) is 0 Å². The van der Waals surface area contributed by atoms with Gasteiger partial charge in [0, 0.05) is 17.8 Å². The number of aliphatic carboxylic acids is 1. The Morgan fingerprint density at radius 1 is 0.833 bits per heavy atom. The van der Waals surface area contributed by atoms with Crippen molar-refractivity contribution in [3.63, 3.8) is 0 Å². The molecule has 0 spiro atoms. The van der Waals surface area contributed by atoms with Crippen molar-refractivity contribution in [2.75, 3.05) is 18.5 Å². The van der Waals surface area contributed by atoms with Gasteiger partial charge in [0.15, 0.2) is 0 Å². The number of Topliss-reactive ketones (excluding diaryl/α,β-unsaturated/α-hetero) is 1. The van der Waals surface area contributed by atoms with Crippen LogP contribution in [0.5, 0.6) is 0 Å². The van der Waals surface area contributed by atoms with Gasteiger partial charge in [-0.2, -0.15) is 0 Å². The molecular weight excluding hydrogens is 382 g/mol. The molecule has 0 amide bonds. The van der Waals surface area contributed by atoms with Gasteiger partial charge < -0.3 is 20.6 Å². The maximum absolute atomic E-state index is 12.1. The van der Waals surface area contributed by atoms with Gasteiger partial charge in [-0.25, -0.2) is 4.79 Å². The van der Waals surface area contributed by atoms with E-state index in [1.54, 1.807) is 12.1 Å². The Morgan fingerprint density at radius 3 is 1.73 bits per heavy atom. The zero-order valence-corrected chi connectivity index (χ0v) is 18.4. The van der Waals surface area contributed by atoms with Gasteiger partial charge in [0.05, 0.1) is 6.61 Å². The van der Waals surface area contributed by atoms with E-state index in [2.05, 4.69) is 12.2 Å². The first-order chi connectivity index (χ1) is 14.5. The molecule has 0 heterocycles. The first-order valence-electron chi connectivity index (χ1n) is 11.4. The zero-order chi connectivity index (χ0) is 22.2. The molecule has 0 saturated heterocycles. The molecule has 6 nitrogen and oxygen atoms in total. The van der Waals surface area contributed by atoms with E-state index in [1.165, 1.54) is 82.8 Å². The Kier molecular flexibility index (Phi) is 13.0. The summed E-state index contributed by atoms with van der Waals surface area (Å²) in [5.74, 6) is -2.78. The first kappa shape index (κ1) is 26.1. The highest BCUT2D eigenvalue weighted by Crippen LogP contribution is 2.17. The molecule has 0 aliphatic heterocycles. The van der Waals surface area contributed by atoms with Crippen LogP contribution in [0.25, 0.3) is 0 Å². The van der Waals surface area contributed by atoms with Gasteiger partial charge in [0.2, 0.25) is 11.4 Å². The highest BCUT2D eigenvalue weighted by atomic mass is 16.4. The Labute approximate surface area is 180 Å². The van der Waals surface area contributed by atoms with Crippen molar-refractivity contribution in [2.45, 2.75) is 89.6 Å². The monoisotopic (exact) mass is 421 g/mol. The lowest BCUT2D eigenvalue weighted by Gasteiger charge is -2.19. The van der Waals surface area contributed by atoms with E-state index in [4.69, 9.17) is 10.2 Å². The van der Waals surface area contributed by atoms with E-state index in [0.29, 0.717) is 0 Å². The van der Waals surface area contributed by atoms with Crippen molar-refractivity contribution in [3.8, 4) is 0 Å². The average molecular weight is 422 g/mol. The molecule has 1 unspecified atom stereocenters. The summed E-state index contributed by atoms with van der Waals surface area (Å²) in [5.41, 5.74) is -1.92. The number of carbonyl (C=O) groups excluding carboxylic acids is 1. The SMILES string of the molecule is CCCCCCCCCCCCCCNc1ccc(C(=O)C(O)(CO)C(=O)O)cc1. The average Bonchev–Trinajstić information content (AvgIpc) is 2.76. The summed E-state index contributed by atoms with van der Waals surface area (Å²) < 4.78 is 0. The number of carboxylic acid groups (broad SMARTS) is 1. The molecule has 0 aliphatic rings. The third-order valence-electron chi connectivity index (χ3n) is 5.46. The molecule has 0 radical (unpaired) electrons. The highest BCUT2D eigenvalue weighted by molar-refractivity contribution is 6.15. The second-order valence-corrected chi connectivity index (χ2v) is 8.05. The molecule has 170 valence electrons. The lowest BCUT2D eigenvalue weighted by atomic mass is 9.93. The maximum atomic E-state index is 12.1. The molecule has 1 atom stereocenters. The number of anilines is 1. The van der Waals surface area contributed by atoms with E-state index in [1.807, 2.05) is 0 Å². The van der Waals surface area contributed by atoms with Crippen LogP contribution in [0.15, 0.2) is 24.3 Å². The second-order valence-electron chi connectivity index (χ2n) is 8.05. The summed E-state index contributed by atoms with van der Waals surface area (Å²) >= 11 is 0. The number of unbranched alkanes of at least 4 members (excludes halogenated alkanes) is 11. The van der Waals surface area contributed by atoms with Crippen LogP contribution in [0, 0.1) is 0 Å². The number of hydrogen-bond acceptors (Lipinski definition) is 5. The van der Waals surface area contributed by atoms with Crippen LogP contribution >= 0.6 is 0 Å². The third-order valence-corrected chi connectivity index (χ3v) is 5.46. The van der Waals surface area contributed by atoms with Gasteiger partial charge in [-0.1, -0.05) is 77.6 Å². The Bertz CT molecular complexity index is 617. The van der Waals surface area contributed by atoms with Gasteiger partial charge in [0.25, 0.3) is 0 Å². The molecule has 1 aromatic carbocycles. The molecule has 0 fully saturated rings. The Hall–Kier alpha value is -1.92. The fraction of sp³-hybridized carbons (Fsp3) is 0.667. The van der Waals surface area contributed by atoms with Crippen molar-refractivity contribution in [1.29, 1.82) is 0 Å². The van der Waals surface area contributed by atoms with Gasteiger partial charge in [0.1, 0.15) is 0 Å². The maximum Gasteiger partial charge on any atom is 0.346 e. The minimum Gasteiger partial charge on any atom is -0.479 e. The predicted molar refractivity (Wildman–Crippen MR) is 120 cm³/mol. The van der Waals surface area contributed by atoms with Crippen LogP contribution in [-0.4, -0.2) is 45.8 Å². The number of carboxylic acids is 1. The minimum absolute atomic E-state index is 0.0462. The van der Waals surface area contributed by atoms with Crippen LogP contribution in [0.1, 0.15) is 94.3 Å². The summed E-state index contributed by atoms with van der Waals surface area (Å²) in [7, 11) is 0. The van der Waals surface area contributed by atoms with Crippen molar-refractivity contribution in [2.24, 2.45) is 0 Å². The van der Waals surface area contributed by atoms with Crippen LogP contribution in [0.4, 0.5) is 5.69 Å². The van der Waals surface area contributed by atoms with Crippen LogP contribution in [-0.2, 0) is 4.79 Å². The van der Waals surface area contributed by atoms with Gasteiger partial charge >= 0.3 is 5.97 Å². The first-order valence-corrected chi connectivity index (χ1v) is 11.4. The molecule has 1 rings (SSSR count). The molecule has 0 aliphatic carbocycles. The number of carbonyl (C=O) groups is 2. The molecule has 0 saturated carbocycles. The molecule has 6 heteroatoms. The molecule has 1 aromatic rings. The largest absolute Gasteiger partial charge is 0.479 e. The van der Waals surface area contributed by atoms with E-state index < -0.39 is 24.0 Å². The summed E-state index contributed by atoms with van der Waals surface area (Å²) in [6, 6.07) is 6.26. The minimum atomic E-state index is -2.80. The lowest BCUT2D eigenvalue weighted by molar-refractivity contribution is -0.156. The summed E-state index contributed by atoms with van der Waals surface area (Å²) in [5, 5.41) is 31.1. The van der Waals surface area contributed by atoms with E-state index >= 15 is 0 Å². The van der Waals surface area contributed by atoms with Crippen molar-refractivity contribution < 1.29 is 24.9 Å². The predicted octanol–water partition coefficient (Wildman–Crippen LogP) is 4.79. The number of aliphatic hydroxyl groups excluding tert-OH is 1. The van der Waals surface area contributed by atoms with Crippen molar-refractivity contribution in [3.05, 3.63) is 29.8 Å². The smallest absolute Gasteiger partial charge is 0.346 e. The quantitative estimate of drug-likeness (QED) is 0.154. The molecule has 4 N–H and O–H groups in total. The standard InChI is InChI=1S/C24H39NO5/c1-2-3-4-5-6-7-8-9-10-11-12-13-18-25-21-16-14-20(15-17-21)22(27)24(30,19-26)23(28)29/h14-17,25-26,30H,2-13,18-19H2,1H3,(H,28,29). The Balaban J connectivity index is 2.15. The lowest BCUT2D eigenvalue weighted by Crippen LogP contribution is -2.49. The van der Waals surface area contributed by atoms with E-state index in [9.17, 15) is 14.7 Å². The zero-order valence-electron chi connectivity index (χ0n) is 18.4. The summed E-state index contributed by atoms with van der Waals surface area (Å²) in [6.45, 7) is 1.92. The number of benzene rings is 1. The number of ketones is 1. The van der Waals surface area contributed by atoms with Crippen LogP contribution < -0.4 is 5.32 Å². The molecule has 30 heavy (non-hydrogen) atoms. The Morgan fingerprint density at radius 2 is 1.30 bits per heavy atom. The topological polar surface area (TPSA) is 107 Å². The van der Waals surface area contributed by atoms with Crippen LogP contribution in [0.2, 0.25) is 0 Å². The number of hydrogen-bond donors (Lipinski definition) is 4. The summed E-state index contributed by atoms with van der Waals surface area (Å²) in [4.78, 5) is 23.2. The second kappa shape index (κ2) is 15.0. The molecular formula is C24H39NO5. The number of nitrogens with one attached hydrogen (secondary N) is 1. The molecule has 0 aromatic heterocycles. The fourth-order valence-corrected chi connectivity index (χ4v) is 3.41. The number of aliphatic hydroxyl groups is 2. The third kappa shape index (κ3) is 9.26. The van der Waals surface area contributed by atoms with Gasteiger partial charge in [-0.15, -0.1) is 0 Å². The van der Waals surface area contributed by atoms with Crippen LogP contribution in [0.3, 0.4) is 0 Å². The molecule has 0 bridgehead atoms. The van der Waals surface area contributed by atoms with E-state index in [0.717, 1.165) is 18.7 Å². The van der Waals surface area contributed by atoms with Gasteiger partial charge in [-0.3, -0.25) is 4.79 Å². The van der Waals surface area contributed by atoms with Gasteiger partial charge in [-0.05, 0) is 30.7 Å². The van der Waals surface area contributed by atoms with Crippen molar-refractivity contribution >= 4 is 17.4 Å². The summed E-state index contributed by atoms with van der Waals surface area (Å²) in [6.07, 6.45) is 15.7. The fourth-order valence-electron chi connectivity index (χ4n) is 3.41.